The second-order valence-electron chi connectivity index (χ2n) is 3.98. The highest BCUT2D eigenvalue weighted by Crippen LogP contribution is 2.08. The topological polar surface area (TPSA) is 37.3 Å². The molecule has 0 aliphatic heterocycles. The van der Waals surface area contributed by atoms with Crippen LogP contribution in [0.1, 0.15) is 18.3 Å². The van der Waals surface area contributed by atoms with Gasteiger partial charge in [-0.05, 0) is 50.2 Å². The summed E-state index contributed by atoms with van der Waals surface area (Å²) in [6, 6.07) is 11.8. The fourth-order valence-corrected chi connectivity index (χ4v) is 1.47. The predicted octanol–water partition coefficient (Wildman–Crippen LogP) is 3.37. The Bertz CT molecular complexity index is 562. The van der Waals surface area contributed by atoms with Crippen LogP contribution in [0.3, 0.4) is 0 Å². The van der Waals surface area contributed by atoms with E-state index in [1.807, 2.05) is 32.0 Å². The van der Waals surface area contributed by atoms with Crippen molar-refractivity contribution in [3.05, 3.63) is 59.7 Å². The zero-order chi connectivity index (χ0) is 13.0. The van der Waals surface area contributed by atoms with Crippen molar-refractivity contribution in [1.82, 2.24) is 4.98 Å². The van der Waals surface area contributed by atoms with Gasteiger partial charge in [0, 0.05) is 5.69 Å². The van der Waals surface area contributed by atoms with Gasteiger partial charge in [0.25, 0.3) is 0 Å². The summed E-state index contributed by atoms with van der Waals surface area (Å²) in [7, 11) is 0. The van der Waals surface area contributed by atoms with Crippen LogP contribution in [0, 0.1) is 12.7 Å². The van der Waals surface area contributed by atoms with Gasteiger partial charge in [0.15, 0.2) is 0 Å². The number of hydrogen-bond acceptors (Lipinski definition) is 3. The molecule has 4 heteroatoms. The molecule has 1 heterocycles. The molecule has 3 nitrogen and oxygen atoms in total. The molecule has 1 N–H and O–H groups in total. The number of benzene rings is 1. The minimum atomic E-state index is -0.262. The van der Waals surface area contributed by atoms with E-state index in [4.69, 9.17) is 0 Å². The second kappa shape index (κ2) is 5.40. The molecule has 0 spiro atoms. The smallest absolute Gasteiger partial charge is 0.123 e. The van der Waals surface area contributed by atoms with Crippen LogP contribution >= 0.6 is 0 Å². The average Bonchev–Trinajstić information content (AvgIpc) is 2.38. The first-order valence-electron chi connectivity index (χ1n) is 5.65. The molecular formula is C14H14FN3. The third-order valence-corrected chi connectivity index (χ3v) is 2.46. The number of pyridine rings is 1. The quantitative estimate of drug-likeness (QED) is 0.663. The summed E-state index contributed by atoms with van der Waals surface area (Å²) in [6.45, 7) is 3.81. The normalized spacial score (nSPS) is 11.4. The molecule has 92 valence electrons. The predicted molar refractivity (Wildman–Crippen MR) is 71.2 cm³/mol. The molecule has 2 rings (SSSR count). The number of anilines is 1. The molecule has 0 aliphatic carbocycles. The molecule has 0 aliphatic rings. The van der Waals surface area contributed by atoms with E-state index in [9.17, 15) is 4.39 Å². The monoisotopic (exact) mass is 243 g/mol. The Morgan fingerprint density at radius 1 is 1.17 bits per heavy atom. The molecule has 0 amide bonds. The van der Waals surface area contributed by atoms with E-state index in [-0.39, 0.29) is 5.82 Å². The summed E-state index contributed by atoms with van der Waals surface area (Å²) in [6.07, 6.45) is 0. The summed E-state index contributed by atoms with van der Waals surface area (Å²) in [5.74, 6) is -0.262. The zero-order valence-electron chi connectivity index (χ0n) is 10.3. The summed E-state index contributed by atoms with van der Waals surface area (Å²) < 4.78 is 12.7. The first-order valence-corrected chi connectivity index (χ1v) is 5.65. The lowest BCUT2D eigenvalue weighted by Crippen LogP contribution is -2.02. The number of hydrogen-bond donors (Lipinski definition) is 1. The molecule has 2 aromatic rings. The Hall–Kier alpha value is -2.23. The lowest BCUT2D eigenvalue weighted by molar-refractivity contribution is 0.628. The van der Waals surface area contributed by atoms with E-state index in [0.29, 0.717) is 0 Å². The molecule has 0 fully saturated rings. The molecular weight excluding hydrogens is 229 g/mol. The second-order valence-corrected chi connectivity index (χ2v) is 3.98. The largest absolute Gasteiger partial charge is 0.278 e. The average molecular weight is 243 g/mol. The first-order chi connectivity index (χ1) is 8.65. The van der Waals surface area contributed by atoms with Gasteiger partial charge < -0.3 is 0 Å². The summed E-state index contributed by atoms with van der Waals surface area (Å²) >= 11 is 0. The van der Waals surface area contributed by atoms with Crippen molar-refractivity contribution in [2.45, 2.75) is 13.8 Å². The molecule has 1 aromatic carbocycles. The van der Waals surface area contributed by atoms with Crippen LogP contribution in [0.2, 0.25) is 0 Å². The van der Waals surface area contributed by atoms with Crippen LogP contribution in [0.15, 0.2) is 47.6 Å². The Morgan fingerprint density at radius 3 is 2.56 bits per heavy atom. The van der Waals surface area contributed by atoms with Gasteiger partial charge in [-0.2, -0.15) is 5.10 Å². The van der Waals surface area contributed by atoms with Crippen LogP contribution in [0.4, 0.5) is 10.1 Å². The van der Waals surface area contributed by atoms with Crippen LogP contribution in [-0.2, 0) is 0 Å². The fraction of sp³-hybridized carbons (Fsp3) is 0.143. The van der Waals surface area contributed by atoms with Gasteiger partial charge in [0.05, 0.1) is 17.1 Å². The number of hydrazone groups is 1. The minimum absolute atomic E-state index is 0.262. The Labute approximate surface area is 105 Å². The summed E-state index contributed by atoms with van der Waals surface area (Å²) in [4.78, 5) is 4.37. The first kappa shape index (κ1) is 12.2. The Kier molecular flexibility index (Phi) is 3.67. The van der Waals surface area contributed by atoms with E-state index in [1.54, 1.807) is 12.1 Å². The number of nitrogens with one attached hydrogen (secondary N) is 1. The Balaban J connectivity index is 2.11. The van der Waals surface area contributed by atoms with Crippen LogP contribution < -0.4 is 5.43 Å². The fourth-order valence-electron chi connectivity index (χ4n) is 1.47. The summed E-state index contributed by atoms with van der Waals surface area (Å²) in [5.41, 5.74) is 6.16. The van der Waals surface area contributed by atoms with Gasteiger partial charge in [-0.15, -0.1) is 0 Å². The molecule has 0 saturated carbocycles. The van der Waals surface area contributed by atoms with Gasteiger partial charge in [-0.1, -0.05) is 6.07 Å². The van der Waals surface area contributed by atoms with Crippen LogP contribution in [0.5, 0.6) is 0 Å². The maximum atomic E-state index is 12.7. The van der Waals surface area contributed by atoms with Crippen LogP contribution in [-0.4, -0.2) is 10.7 Å². The highest BCUT2D eigenvalue weighted by Gasteiger charge is 1.99. The van der Waals surface area contributed by atoms with Crippen molar-refractivity contribution in [3.8, 4) is 0 Å². The van der Waals surface area contributed by atoms with Gasteiger partial charge in [-0.25, -0.2) is 4.39 Å². The SMILES string of the molecule is C/C(=N\Nc1ccc(F)cc1)c1cccc(C)n1. The number of aryl methyl sites for hydroxylation is 1. The van der Waals surface area contributed by atoms with Crippen LogP contribution in [0.25, 0.3) is 0 Å². The van der Waals surface area contributed by atoms with E-state index < -0.39 is 0 Å². The maximum Gasteiger partial charge on any atom is 0.123 e. The van der Waals surface area contributed by atoms with E-state index in [2.05, 4.69) is 15.5 Å². The molecule has 0 saturated heterocycles. The number of aromatic nitrogens is 1. The standard InChI is InChI=1S/C14H14FN3/c1-10-4-3-5-14(16-10)11(2)17-18-13-8-6-12(15)7-9-13/h3-9,18H,1-2H3/b17-11+. The van der Waals surface area contributed by atoms with E-state index in [1.165, 1.54) is 12.1 Å². The molecule has 1 aromatic heterocycles. The number of nitrogens with zero attached hydrogens (tertiary/aromatic N) is 2. The van der Waals surface area contributed by atoms with Gasteiger partial charge in [0.2, 0.25) is 0 Å². The molecule has 0 radical (unpaired) electrons. The number of rotatable bonds is 3. The van der Waals surface area contributed by atoms with Crippen molar-refractivity contribution in [2.75, 3.05) is 5.43 Å². The third kappa shape index (κ3) is 3.13. The molecule has 0 unspecified atom stereocenters. The summed E-state index contributed by atoms with van der Waals surface area (Å²) in [5, 5.41) is 4.22. The van der Waals surface area contributed by atoms with Crippen molar-refractivity contribution < 1.29 is 4.39 Å². The van der Waals surface area contributed by atoms with Gasteiger partial charge >= 0.3 is 0 Å². The lowest BCUT2D eigenvalue weighted by Gasteiger charge is -2.03. The molecule has 18 heavy (non-hydrogen) atoms. The minimum Gasteiger partial charge on any atom is -0.278 e. The molecule has 0 atom stereocenters. The van der Waals surface area contributed by atoms with Crippen molar-refractivity contribution >= 4 is 11.4 Å². The van der Waals surface area contributed by atoms with E-state index >= 15 is 0 Å². The zero-order valence-corrected chi connectivity index (χ0v) is 10.3. The third-order valence-electron chi connectivity index (χ3n) is 2.46. The highest BCUT2D eigenvalue weighted by atomic mass is 19.1. The number of halogens is 1. The Morgan fingerprint density at radius 2 is 1.89 bits per heavy atom. The highest BCUT2D eigenvalue weighted by molar-refractivity contribution is 5.97. The van der Waals surface area contributed by atoms with Crippen molar-refractivity contribution in [3.63, 3.8) is 0 Å². The van der Waals surface area contributed by atoms with Crippen molar-refractivity contribution in [1.29, 1.82) is 0 Å². The van der Waals surface area contributed by atoms with E-state index in [0.717, 1.165) is 22.8 Å². The molecule has 0 bridgehead atoms. The van der Waals surface area contributed by atoms with Gasteiger partial charge in [0.1, 0.15) is 5.82 Å². The van der Waals surface area contributed by atoms with Gasteiger partial charge in [-0.3, -0.25) is 10.4 Å². The lowest BCUT2D eigenvalue weighted by atomic mass is 10.2. The van der Waals surface area contributed by atoms with Crippen molar-refractivity contribution in [2.24, 2.45) is 5.10 Å². The maximum absolute atomic E-state index is 12.7.